The highest BCUT2D eigenvalue weighted by Crippen LogP contribution is 2.31. The fraction of sp³-hybridized carbons (Fsp3) is 0.412. The minimum atomic E-state index is -0.821. The molecule has 0 spiro atoms. The summed E-state index contributed by atoms with van der Waals surface area (Å²) in [6, 6.07) is 1.10. The molecule has 0 saturated carbocycles. The van der Waals surface area contributed by atoms with Crippen molar-refractivity contribution in [2.24, 2.45) is 0 Å². The molecule has 0 aliphatic carbocycles. The van der Waals surface area contributed by atoms with Gasteiger partial charge in [0.05, 0.1) is 10.9 Å². The van der Waals surface area contributed by atoms with Crippen LogP contribution in [-0.4, -0.2) is 35.4 Å². The van der Waals surface area contributed by atoms with E-state index in [9.17, 15) is 14.0 Å². The number of fused-ring (bicyclic) bond motifs is 2. The Kier molecular flexibility index (Phi) is 3.83. The van der Waals surface area contributed by atoms with Gasteiger partial charge in [-0.25, -0.2) is 8.78 Å². The summed E-state index contributed by atoms with van der Waals surface area (Å²) in [7, 11) is 0. The summed E-state index contributed by atoms with van der Waals surface area (Å²) < 4.78 is 36.7. The SMILES string of the molecule is CCn1c2o[nH]c(=O)c2c(=O)c2cc(F)c(N3CCNC(C)C3)c(F)c21. The van der Waals surface area contributed by atoms with Crippen LogP contribution in [0.5, 0.6) is 0 Å². The Morgan fingerprint density at radius 1 is 1.35 bits per heavy atom. The average molecular weight is 364 g/mol. The zero-order valence-corrected chi connectivity index (χ0v) is 14.4. The molecule has 4 rings (SSSR count). The van der Waals surface area contributed by atoms with Gasteiger partial charge >= 0.3 is 0 Å². The van der Waals surface area contributed by atoms with Gasteiger partial charge in [-0.05, 0) is 19.9 Å². The van der Waals surface area contributed by atoms with Gasteiger partial charge in [0.15, 0.2) is 11.2 Å². The minimum absolute atomic E-state index is 0.0415. The van der Waals surface area contributed by atoms with Crippen LogP contribution < -0.4 is 21.2 Å². The normalized spacial score (nSPS) is 18.2. The first-order valence-electron chi connectivity index (χ1n) is 8.48. The summed E-state index contributed by atoms with van der Waals surface area (Å²) in [5.41, 5.74) is -1.72. The Bertz CT molecular complexity index is 1130. The van der Waals surface area contributed by atoms with Crippen molar-refractivity contribution in [2.45, 2.75) is 26.4 Å². The van der Waals surface area contributed by atoms with E-state index < -0.39 is 22.6 Å². The predicted molar refractivity (Wildman–Crippen MR) is 93.9 cm³/mol. The topological polar surface area (TPSA) is 83.3 Å². The number of piperazine rings is 1. The highest BCUT2D eigenvalue weighted by atomic mass is 19.1. The Balaban J connectivity index is 2.10. The lowest BCUT2D eigenvalue weighted by molar-refractivity contribution is 0.428. The third-order valence-corrected chi connectivity index (χ3v) is 4.84. The van der Waals surface area contributed by atoms with Crippen LogP contribution in [0.25, 0.3) is 22.0 Å². The number of aromatic amines is 1. The number of hydrogen-bond donors (Lipinski definition) is 2. The van der Waals surface area contributed by atoms with Crippen LogP contribution in [-0.2, 0) is 6.54 Å². The van der Waals surface area contributed by atoms with E-state index in [1.165, 1.54) is 4.57 Å². The summed E-state index contributed by atoms with van der Waals surface area (Å²) in [4.78, 5) is 26.1. The van der Waals surface area contributed by atoms with Gasteiger partial charge in [-0.15, -0.1) is 0 Å². The molecule has 2 N–H and O–H groups in total. The van der Waals surface area contributed by atoms with E-state index in [2.05, 4.69) is 10.5 Å². The van der Waals surface area contributed by atoms with Crippen molar-refractivity contribution in [3.63, 3.8) is 0 Å². The van der Waals surface area contributed by atoms with E-state index in [0.29, 0.717) is 19.6 Å². The molecule has 7 nitrogen and oxygen atoms in total. The summed E-state index contributed by atoms with van der Waals surface area (Å²) >= 11 is 0. The van der Waals surface area contributed by atoms with Crippen LogP contribution in [0.1, 0.15) is 13.8 Å². The Hall–Kier alpha value is -2.68. The second-order valence-electron chi connectivity index (χ2n) is 6.51. The van der Waals surface area contributed by atoms with E-state index in [-0.39, 0.29) is 40.3 Å². The molecule has 0 amide bonds. The fourth-order valence-corrected chi connectivity index (χ4v) is 3.68. The lowest BCUT2D eigenvalue weighted by Crippen LogP contribution is -2.49. The second-order valence-corrected chi connectivity index (χ2v) is 6.51. The number of rotatable bonds is 2. The van der Waals surface area contributed by atoms with Crippen molar-refractivity contribution in [1.29, 1.82) is 0 Å². The second kappa shape index (κ2) is 5.94. The molecule has 3 heterocycles. The molecule has 1 atom stereocenters. The number of pyridine rings is 1. The van der Waals surface area contributed by atoms with Gasteiger partial charge < -0.3 is 19.3 Å². The maximum absolute atomic E-state index is 15.4. The maximum Gasteiger partial charge on any atom is 0.293 e. The van der Waals surface area contributed by atoms with E-state index in [1.54, 1.807) is 11.8 Å². The van der Waals surface area contributed by atoms with E-state index in [4.69, 9.17) is 4.52 Å². The summed E-state index contributed by atoms with van der Waals surface area (Å²) in [6.07, 6.45) is 0. The third kappa shape index (κ3) is 2.27. The third-order valence-electron chi connectivity index (χ3n) is 4.84. The molecule has 9 heteroatoms. The fourth-order valence-electron chi connectivity index (χ4n) is 3.68. The highest BCUT2D eigenvalue weighted by molar-refractivity contribution is 5.93. The highest BCUT2D eigenvalue weighted by Gasteiger charge is 2.27. The Morgan fingerprint density at radius 3 is 2.81 bits per heavy atom. The molecule has 0 bridgehead atoms. The summed E-state index contributed by atoms with van der Waals surface area (Å²) in [5.74, 6) is -1.64. The molecule has 3 aromatic rings. The van der Waals surface area contributed by atoms with Gasteiger partial charge in [-0.2, -0.15) is 5.16 Å². The zero-order valence-electron chi connectivity index (χ0n) is 14.4. The van der Waals surface area contributed by atoms with Crippen LogP contribution in [0.15, 0.2) is 20.2 Å². The molecular formula is C17H18F2N4O3. The number of hydrogen-bond acceptors (Lipinski definition) is 5. The van der Waals surface area contributed by atoms with Crippen molar-refractivity contribution in [3.8, 4) is 0 Å². The van der Waals surface area contributed by atoms with Crippen LogP contribution in [0.4, 0.5) is 14.5 Å². The zero-order chi connectivity index (χ0) is 18.6. The van der Waals surface area contributed by atoms with Crippen LogP contribution in [0.2, 0.25) is 0 Å². The molecule has 1 aliphatic heterocycles. The van der Waals surface area contributed by atoms with Gasteiger partial charge in [-0.1, -0.05) is 0 Å². The van der Waals surface area contributed by atoms with Crippen LogP contribution in [0, 0.1) is 11.6 Å². The number of aromatic nitrogens is 2. The largest absolute Gasteiger partial charge is 0.364 e. The number of nitrogens with one attached hydrogen (secondary N) is 2. The quantitative estimate of drug-likeness (QED) is 0.721. The van der Waals surface area contributed by atoms with Crippen molar-refractivity contribution < 1.29 is 13.3 Å². The smallest absolute Gasteiger partial charge is 0.293 e. The van der Waals surface area contributed by atoms with Gasteiger partial charge in [0, 0.05) is 32.2 Å². The van der Waals surface area contributed by atoms with Crippen molar-refractivity contribution in [1.82, 2.24) is 15.0 Å². The standard InChI is InChI=1S/C17H18F2N4O3/c1-3-23-13-9(15(24)11-16(25)21-26-17(11)23)6-10(18)14(12(13)19)22-5-4-20-8(2)7-22/h6,8,20H,3-5,7H2,1-2H3,(H,21,25). The van der Waals surface area contributed by atoms with E-state index >= 15 is 4.39 Å². The summed E-state index contributed by atoms with van der Waals surface area (Å²) in [5, 5.41) is 4.91. The van der Waals surface area contributed by atoms with Crippen LogP contribution >= 0.6 is 0 Å². The number of nitrogens with zero attached hydrogens (tertiary/aromatic N) is 2. The molecule has 26 heavy (non-hydrogen) atoms. The van der Waals surface area contributed by atoms with E-state index in [1.807, 2.05) is 6.92 Å². The average Bonchev–Trinajstić information content (AvgIpc) is 2.98. The van der Waals surface area contributed by atoms with Gasteiger partial charge in [0.2, 0.25) is 11.1 Å². The molecular weight excluding hydrogens is 346 g/mol. The molecule has 1 aromatic carbocycles. The molecule has 1 aliphatic rings. The van der Waals surface area contributed by atoms with Crippen molar-refractivity contribution in [2.75, 3.05) is 24.5 Å². The lowest BCUT2D eigenvalue weighted by atomic mass is 10.1. The first kappa shape index (κ1) is 16.8. The van der Waals surface area contributed by atoms with Crippen molar-refractivity contribution in [3.05, 3.63) is 38.3 Å². The first-order valence-corrected chi connectivity index (χ1v) is 8.48. The molecule has 1 saturated heterocycles. The number of halogens is 2. The minimum Gasteiger partial charge on any atom is -0.364 e. The number of anilines is 1. The summed E-state index contributed by atoms with van der Waals surface area (Å²) in [6.45, 7) is 5.39. The molecule has 1 fully saturated rings. The van der Waals surface area contributed by atoms with Crippen molar-refractivity contribution >= 4 is 27.7 Å². The molecule has 0 radical (unpaired) electrons. The molecule has 2 aromatic heterocycles. The number of benzene rings is 1. The lowest BCUT2D eigenvalue weighted by Gasteiger charge is -2.34. The molecule has 1 unspecified atom stereocenters. The van der Waals surface area contributed by atoms with Gasteiger partial charge in [-0.3, -0.25) is 9.59 Å². The Morgan fingerprint density at radius 2 is 2.12 bits per heavy atom. The molecule has 138 valence electrons. The first-order chi connectivity index (χ1) is 12.4. The maximum atomic E-state index is 15.4. The van der Waals surface area contributed by atoms with Crippen LogP contribution in [0.3, 0.4) is 0 Å². The number of aryl methyl sites for hydroxylation is 1. The predicted octanol–water partition coefficient (Wildman–Crippen LogP) is 1.53. The number of H-pyrrole nitrogens is 1. The van der Waals surface area contributed by atoms with Gasteiger partial charge in [0.25, 0.3) is 5.56 Å². The van der Waals surface area contributed by atoms with E-state index in [0.717, 1.165) is 6.07 Å². The Labute approximate surface area is 146 Å². The monoisotopic (exact) mass is 364 g/mol. The van der Waals surface area contributed by atoms with Gasteiger partial charge in [0.1, 0.15) is 11.5 Å².